The fourth-order valence-corrected chi connectivity index (χ4v) is 3.81. The van der Waals surface area contributed by atoms with E-state index in [9.17, 15) is 29.1 Å². The van der Waals surface area contributed by atoms with Gasteiger partial charge in [-0.15, -0.1) is 11.3 Å². The van der Waals surface area contributed by atoms with Crippen LogP contribution in [0.15, 0.2) is 10.5 Å². The number of aromatic nitrogens is 1. The van der Waals surface area contributed by atoms with E-state index in [1.807, 2.05) is 0 Å². The number of nitrogens with zero attached hydrogens (tertiary/aromatic N) is 3. The second-order valence-corrected chi connectivity index (χ2v) is 10.6. The molecule has 16 heteroatoms. The van der Waals surface area contributed by atoms with Crippen LogP contribution in [0.25, 0.3) is 0 Å². The van der Waals surface area contributed by atoms with Crippen molar-refractivity contribution >= 4 is 52.1 Å². The second-order valence-electron chi connectivity index (χ2n) is 9.76. The number of carboxylic acid groups (broad SMARTS) is 1. The molecule has 5 amide bonds. The normalized spacial score (nSPS) is 19.9. The molecule has 2 saturated heterocycles. The van der Waals surface area contributed by atoms with Gasteiger partial charge < -0.3 is 35.5 Å². The van der Waals surface area contributed by atoms with Crippen LogP contribution in [-0.4, -0.2) is 93.5 Å². The Morgan fingerprint density at radius 3 is 2.54 bits per heavy atom. The number of ether oxygens (including phenoxy) is 1. The number of amides is 5. The van der Waals surface area contributed by atoms with Crippen molar-refractivity contribution in [2.24, 2.45) is 5.16 Å². The molecule has 0 unspecified atom stereocenters. The number of oxime groups is 1. The van der Waals surface area contributed by atoms with E-state index < -0.39 is 52.9 Å². The first-order valence-corrected chi connectivity index (χ1v) is 12.1. The Hall–Kier alpha value is -3.95. The lowest BCUT2D eigenvalue weighted by Crippen LogP contribution is -2.72. The summed E-state index contributed by atoms with van der Waals surface area (Å²) in [5, 5.41) is 24.8. The number of anilines is 1. The van der Waals surface area contributed by atoms with Crippen molar-refractivity contribution in [1.29, 1.82) is 0 Å². The molecule has 202 valence electrons. The number of carbonyl (C=O) groups is 5. The third-order valence-corrected chi connectivity index (χ3v) is 5.87. The summed E-state index contributed by atoms with van der Waals surface area (Å²) in [5.74, 6) is -2.66. The third-order valence-electron chi connectivity index (χ3n) is 5.11. The molecule has 0 spiro atoms. The van der Waals surface area contributed by atoms with Crippen molar-refractivity contribution < 1.29 is 38.7 Å². The Kier molecular flexibility index (Phi) is 7.90. The minimum atomic E-state index is -1.78. The highest BCUT2D eigenvalue weighted by Crippen LogP contribution is 2.20. The van der Waals surface area contributed by atoms with Gasteiger partial charge in [-0.25, -0.2) is 19.4 Å². The largest absolute Gasteiger partial charge is 0.478 e. The Morgan fingerprint density at radius 2 is 1.97 bits per heavy atom. The van der Waals surface area contributed by atoms with Crippen molar-refractivity contribution in [3.8, 4) is 0 Å². The van der Waals surface area contributed by atoms with Gasteiger partial charge in [0, 0.05) is 25.0 Å². The molecule has 2 aliphatic heterocycles. The van der Waals surface area contributed by atoms with Gasteiger partial charge in [-0.1, -0.05) is 5.16 Å². The Balaban J connectivity index is 1.78. The molecule has 3 rings (SSSR count). The molecule has 0 saturated carbocycles. The fraction of sp³-hybridized carbons (Fsp3) is 0.571. The lowest BCUT2D eigenvalue weighted by molar-refractivity contribution is -0.161. The van der Waals surface area contributed by atoms with Gasteiger partial charge in [-0.3, -0.25) is 14.9 Å². The third kappa shape index (κ3) is 7.05. The minimum absolute atomic E-state index is 0.0371. The molecule has 0 bridgehead atoms. The molecule has 0 radical (unpaired) electrons. The fourth-order valence-electron chi connectivity index (χ4n) is 3.13. The predicted molar refractivity (Wildman–Crippen MR) is 130 cm³/mol. The molecule has 0 aromatic carbocycles. The maximum atomic E-state index is 13.2. The summed E-state index contributed by atoms with van der Waals surface area (Å²) in [4.78, 5) is 71.4. The number of β-lactam (4-membered cyclic amide) rings is 1. The van der Waals surface area contributed by atoms with E-state index in [-0.39, 0.29) is 23.4 Å². The summed E-state index contributed by atoms with van der Waals surface area (Å²) in [5.41, 5.74) is -2.98. The maximum absolute atomic E-state index is 13.2. The number of carboxylic acids is 1. The molecule has 2 fully saturated rings. The number of hydrogen-bond donors (Lipinski definition) is 5. The minimum Gasteiger partial charge on any atom is -0.478 e. The van der Waals surface area contributed by atoms with Crippen LogP contribution in [0.4, 0.5) is 14.7 Å². The Bertz CT molecular complexity index is 1130. The highest BCUT2D eigenvalue weighted by atomic mass is 32.1. The number of thiazole rings is 1. The molecule has 2 aliphatic rings. The lowest BCUT2D eigenvalue weighted by Gasteiger charge is -2.38. The lowest BCUT2D eigenvalue weighted by atomic mass is 9.98. The summed E-state index contributed by atoms with van der Waals surface area (Å²) in [6, 6.07) is -1.79. The zero-order chi connectivity index (χ0) is 27.5. The van der Waals surface area contributed by atoms with Gasteiger partial charge in [-0.05, 0) is 34.6 Å². The first kappa shape index (κ1) is 27.6. The number of aliphatic carboxylic acids is 1. The van der Waals surface area contributed by atoms with Crippen LogP contribution in [-0.2, 0) is 24.0 Å². The standard InChI is InChI=1S/C21H29N7O8S/c1-20(2,3)35-19(34)26-17-24-11(9-37-17)13(27-36-21(4,5)16(31)32)15(30)25-12-10(23-14(12)29)8-28-7-6-22-18(28)33/h9-10,12H,6-8H2,1-5H3,(H,22,33)(H,23,29)(H,25,30)(H,31,32)(H,24,26,34)/b27-13-/t10-,12+/m1/s1. The van der Waals surface area contributed by atoms with E-state index in [2.05, 4.69) is 31.4 Å². The van der Waals surface area contributed by atoms with Crippen molar-refractivity contribution in [1.82, 2.24) is 25.8 Å². The van der Waals surface area contributed by atoms with Crippen LogP contribution in [0, 0.1) is 0 Å². The van der Waals surface area contributed by atoms with Gasteiger partial charge in [0.1, 0.15) is 17.3 Å². The highest BCUT2D eigenvalue weighted by Gasteiger charge is 2.43. The molecule has 15 nitrogen and oxygen atoms in total. The average Bonchev–Trinajstić information content (AvgIpc) is 3.39. The molecule has 1 aromatic rings. The van der Waals surface area contributed by atoms with E-state index >= 15 is 0 Å². The van der Waals surface area contributed by atoms with Crippen molar-refractivity contribution in [3.63, 3.8) is 0 Å². The number of rotatable bonds is 9. The van der Waals surface area contributed by atoms with E-state index in [0.29, 0.717) is 13.1 Å². The molecule has 2 atom stereocenters. The number of urea groups is 1. The SMILES string of the molecule is CC(C)(C)OC(=O)Nc1nc(/C(=N/OC(C)(C)C(=O)O)C(=O)N[C@@H]2C(=O)N[C@@H]2CN2CCNC2=O)cs1. The van der Waals surface area contributed by atoms with Crippen LogP contribution in [0.1, 0.15) is 40.3 Å². The zero-order valence-corrected chi connectivity index (χ0v) is 21.7. The zero-order valence-electron chi connectivity index (χ0n) is 20.9. The van der Waals surface area contributed by atoms with E-state index in [1.165, 1.54) is 24.1 Å². The monoisotopic (exact) mass is 539 g/mol. The van der Waals surface area contributed by atoms with Crippen LogP contribution in [0.3, 0.4) is 0 Å². The second kappa shape index (κ2) is 10.6. The molecule has 5 N–H and O–H groups in total. The summed E-state index contributed by atoms with van der Waals surface area (Å²) < 4.78 is 5.18. The maximum Gasteiger partial charge on any atom is 0.413 e. The van der Waals surface area contributed by atoms with Crippen molar-refractivity contribution in [2.45, 2.75) is 57.9 Å². The molecule has 3 heterocycles. The van der Waals surface area contributed by atoms with E-state index in [1.54, 1.807) is 20.8 Å². The van der Waals surface area contributed by atoms with Crippen molar-refractivity contribution in [3.05, 3.63) is 11.1 Å². The summed E-state index contributed by atoms with van der Waals surface area (Å²) in [6.45, 7) is 8.67. The van der Waals surface area contributed by atoms with Gasteiger partial charge in [-0.2, -0.15) is 0 Å². The van der Waals surface area contributed by atoms with Crippen LogP contribution >= 0.6 is 11.3 Å². The molecule has 1 aromatic heterocycles. The number of carbonyl (C=O) groups excluding carboxylic acids is 4. The summed E-state index contributed by atoms with van der Waals surface area (Å²) in [6.07, 6.45) is -0.764. The average molecular weight is 540 g/mol. The Morgan fingerprint density at radius 1 is 1.27 bits per heavy atom. The van der Waals surface area contributed by atoms with Gasteiger partial charge in [0.2, 0.25) is 11.5 Å². The topological polar surface area (TPSA) is 201 Å². The molecular formula is C21H29N7O8S. The molecular weight excluding hydrogens is 510 g/mol. The molecule has 37 heavy (non-hydrogen) atoms. The summed E-state index contributed by atoms with van der Waals surface area (Å²) >= 11 is 0.964. The predicted octanol–water partition coefficient (Wildman–Crippen LogP) is 0.0824. The van der Waals surface area contributed by atoms with Crippen LogP contribution in [0.5, 0.6) is 0 Å². The van der Waals surface area contributed by atoms with Crippen LogP contribution < -0.4 is 21.3 Å². The van der Waals surface area contributed by atoms with E-state index in [4.69, 9.17) is 9.57 Å². The van der Waals surface area contributed by atoms with Gasteiger partial charge in [0.25, 0.3) is 5.91 Å². The quantitative estimate of drug-likeness (QED) is 0.164. The van der Waals surface area contributed by atoms with Gasteiger partial charge in [0.05, 0.1) is 6.04 Å². The van der Waals surface area contributed by atoms with E-state index in [0.717, 1.165) is 11.3 Å². The highest BCUT2D eigenvalue weighted by molar-refractivity contribution is 7.14. The van der Waals surface area contributed by atoms with Gasteiger partial charge in [0.15, 0.2) is 10.8 Å². The van der Waals surface area contributed by atoms with Gasteiger partial charge >= 0.3 is 18.1 Å². The summed E-state index contributed by atoms with van der Waals surface area (Å²) in [7, 11) is 0. The van der Waals surface area contributed by atoms with Crippen molar-refractivity contribution in [2.75, 3.05) is 25.0 Å². The number of hydrogen-bond acceptors (Lipinski definition) is 10. The van der Waals surface area contributed by atoms with Crippen LogP contribution in [0.2, 0.25) is 0 Å². The molecule has 0 aliphatic carbocycles. The Labute approximate surface area is 215 Å². The first-order valence-electron chi connectivity index (χ1n) is 11.3. The smallest absolute Gasteiger partial charge is 0.413 e. The first-order chi connectivity index (χ1) is 17.2. The number of nitrogens with one attached hydrogen (secondary N) is 4.